The molecule has 11 unspecified atom stereocenters. The Bertz CT molecular complexity index is 981. The quantitative estimate of drug-likeness (QED) is 0.349. The molecule has 5 rings (SSSR count). The zero-order chi connectivity index (χ0) is 28.1. The Morgan fingerprint density at radius 1 is 1.05 bits per heavy atom. The molecule has 0 amide bonds. The van der Waals surface area contributed by atoms with Gasteiger partial charge in [-0.1, -0.05) is 46.3 Å². The maximum Gasteiger partial charge on any atom is 0.302 e. The first-order chi connectivity index (χ1) is 17.5. The molecule has 11 atom stereocenters. The van der Waals surface area contributed by atoms with Gasteiger partial charge in [-0.2, -0.15) is 0 Å². The van der Waals surface area contributed by atoms with Gasteiger partial charge in [-0.3, -0.25) is 4.79 Å². The van der Waals surface area contributed by atoms with Gasteiger partial charge in [0, 0.05) is 17.8 Å². The lowest BCUT2D eigenvalue weighted by Gasteiger charge is -2.68. The molecule has 0 aromatic carbocycles. The Morgan fingerprint density at radius 2 is 1.74 bits per heavy atom. The van der Waals surface area contributed by atoms with Gasteiger partial charge in [-0.05, 0) is 93.3 Å². The molecule has 4 fully saturated rings. The molecule has 0 radical (unpaired) electrons. The van der Waals surface area contributed by atoms with Crippen LogP contribution in [0.2, 0.25) is 0 Å². The van der Waals surface area contributed by atoms with Crippen molar-refractivity contribution < 1.29 is 29.6 Å². The van der Waals surface area contributed by atoms with Gasteiger partial charge in [0.2, 0.25) is 0 Å². The number of carbonyl (C=O) groups excluding carboxylic acids is 1. The van der Waals surface area contributed by atoms with Crippen molar-refractivity contribution in [2.45, 2.75) is 130 Å². The molecule has 0 spiro atoms. The first-order valence-corrected chi connectivity index (χ1v) is 15.1. The Hall–Kier alpha value is -0.950. The van der Waals surface area contributed by atoms with Crippen molar-refractivity contribution in [2.75, 3.05) is 6.61 Å². The summed E-state index contributed by atoms with van der Waals surface area (Å²) in [5, 5.41) is 33.4. The largest absolute Gasteiger partial charge is 0.462 e. The second kappa shape index (κ2) is 9.03. The van der Waals surface area contributed by atoms with Crippen molar-refractivity contribution in [3.63, 3.8) is 0 Å². The van der Waals surface area contributed by atoms with Crippen molar-refractivity contribution in [3.8, 4) is 0 Å². The Kier molecular flexibility index (Phi) is 6.79. The summed E-state index contributed by atoms with van der Waals surface area (Å²) in [6, 6.07) is 0. The molecular weight excluding hydrogens is 480 g/mol. The van der Waals surface area contributed by atoms with E-state index in [2.05, 4.69) is 40.7 Å². The van der Waals surface area contributed by atoms with Crippen LogP contribution >= 0.6 is 0 Å². The predicted octanol–water partition coefficient (Wildman–Crippen LogP) is 5.03. The molecule has 0 aromatic heterocycles. The second-order valence-electron chi connectivity index (χ2n) is 15.5. The summed E-state index contributed by atoms with van der Waals surface area (Å²) in [5.74, 6) is 1.02. The molecule has 38 heavy (non-hydrogen) atoms. The van der Waals surface area contributed by atoms with Crippen LogP contribution in [0.1, 0.15) is 100 Å². The number of rotatable bonds is 3. The SMILES string of the molecule is CC(=O)OC1CCC2(C)C(CC(O)C3(C)C4=CCC(C5COC(C(C)(C)O)C(O)C5)C4(C)CCC23)C1(C)C. The molecule has 6 nitrogen and oxygen atoms in total. The van der Waals surface area contributed by atoms with Gasteiger partial charge in [-0.25, -0.2) is 0 Å². The molecule has 3 N–H and O–H groups in total. The number of ether oxygens (including phenoxy) is 2. The van der Waals surface area contributed by atoms with Crippen molar-refractivity contribution in [3.05, 3.63) is 11.6 Å². The van der Waals surface area contributed by atoms with Crippen molar-refractivity contribution in [1.29, 1.82) is 0 Å². The molecule has 5 aliphatic rings. The third-order valence-electron chi connectivity index (χ3n) is 12.6. The van der Waals surface area contributed by atoms with Gasteiger partial charge in [0.15, 0.2) is 0 Å². The fourth-order valence-electron chi connectivity index (χ4n) is 10.9. The minimum Gasteiger partial charge on any atom is -0.462 e. The molecule has 6 heteroatoms. The smallest absolute Gasteiger partial charge is 0.302 e. The molecule has 0 aromatic rings. The number of hydrogen-bond acceptors (Lipinski definition) is 6. The molecule has 4 aliphatic carbocycles. The fourth-order valence-corrected chi connectivity index (χ4v) is 10.9. The molecule has 3 saturated carbocycles. The van der Waals surface area contributed by atoms with Gasteiger partial charge in [0.25, 0.3) is 0 Å². The molecule has 216 valence electrons. The summed E-state index contributed by atoms with van der Waals surface area (Å²) in [6.45, 7) is 17.1. The number of carbonyl (C=O) groups is 1. The van der Waals surface area contributed by atoms with Crippen LogP contribution in [0.15, 0.2) is 11.6 Å². The number of hydrogen-bond donors (Lipinski definition) is 3. The molecule has 1 saturated heterocycles. The van der Waals surface area contributed by atoms with Crippen LogP contribution in [-0.2, 0) is 14.3 Å². The number of aliphatic hydroxyl groups excluding tert-OH is 2. The minimum absolute atomic E-state index is 0.0325. The average Bonchev–Trinajstić information content (AvgIpc) is 3.15. The highest BCUT2D eigenvalue weighted by Gasteiger charge is 2.68. The maximum absolute atomic E-state index is 12.0. The highest BCUT2D eigenvalue weighted by Crippen LogP contribution is 2.73. The number of allylic oxidation sites excluding steroid dienone is 1. The second-order valence-corrected chi connectivity index (χ2v) is 15.5. The lowest BCUT2D eigenvalue weighted by molar-refractivity contribution is -0.221. The van der Waals surface area contributed by atoms with Crippen LogP contribution in [0.4, 0.5) is 0 Å². The summed E-state index contributed by atoms with van der Waals surface area (Å²) in [6.07, 6.45) is 7.01. The number of esters is 1. The van der Waals surface area contributed by atoms with Gasteiger partial charge in [-0.15, -0.1) is 0 Å². The zero-order valence-electron chi connectivity index (χ0n) is 24.9. The van der Waals surface area contributed by atoms with E-state index in [1.54, 1.807) is 13.8 Å². The lowest BCUT2D eigenvalue weighted by Crippen LogP contribution is -2.65. The van der Waals surface area contributed by atoms with E-state index < -0.39 is 23.9 Å². The summed E-state index contributed by atoms with van der Waals surface area (Å²) in [5.41, 5.74) is -0.0906. The van der Waals surface area contributed by atoms with E-state index in [0.717, 1.165) is 38.5 Å². The van der Waals surface area contributed by atoms with E-state index in [0.29, 0.717) is 24.9 Å². The highest BCUT2D eigenvalue weighted by molar-refractivity contribution is 5.66. The summed E-state index contributed by atoms with van der Waals surface area (Å²) in [7, 11) is 0. The van der Waals surface area contributed by atoms with Crippen molar-refractivity contribution in [2.24, 2.45) is 45.3 Å². The van der Waals surface area contributed by atoms with E-state index in [9.17, 15) is 20.1 Å². The maximum atomic E-state index is 12.0. The Morgan fingerprint density at radius 3 is 2.34 bits per heavy atom. The third-order valence-corrected chi connectivity index (χ3v) is 12.6. The third kappa shape index (κ3) is 3.98. The van der Waals surface area contributed by atoms with Gasteiger partial charge < -0.3 is 24.8 Å². The van der Waals surface area contributed by atoms with E-state index in [1.165, 1.54) is 12.5 Å². The predicted molar refractivity (Wildman–Crippen MR) is 146 cm³/mol. The monoisotopic (exact) mass is 532 g/mol. The molecular formula is C32H52O6. The van der Waals surface area contributed by atoms with Gasteiger partial charge >= 0.3 is 5.97 Å². The van der Waals surface area contributed by atoms with Crippen molar-refractivity contribution >= 4 is 5.97 Å². The lowest BCUT2D eigenvalue weighted by atomic mass is 9.37. The summed E-state index contributed by atoms with van der Waals surface area (Å²) >= 11 is 0. The fraction of sp³-hybridized carbons (Fsp3) is 0.906. The van der Waals surface area contributed by atoms with Crippen LogP contribution in [0.25, 0.3) is 0 Å². The van der Waals surface area contributed by atoms with Crippen LogP contribution in [0, 0.1) is 45.3 Å². The van der Waals surface area contributed by atoms with Crippen molar-refractivity contribution in [1.82, 2.24) is 0 Å². The Balaban J connectivity index is 1.41. The van der Waals surface area contributed by atoms with Crippen LogP contribution in [0.3, 0.4) is 0 Å². The minimum atomic E-state index is -1.07. The first-order valence-electron chi connectivity index (χ1n) is 15.1. The van der Waals surface area contributed by atoms with Gasteiger partial charge in [0.1, 0.15) is 12.2 Å². The molecule has 1 aliphatic heterocycles. The first kappa shape index (κ1) is 28.6. The van der Waals surface area contributed by atoms with E-state index >= 15 is 0 Å². The average molecular weight is 533 g/mol. The molecule has 1 heterocycles. The van der Waals surface area contributed by atoms with E-state index in [4.69, 9.17) is 9.47 Å². The van der Waals surface area contributed by atoms with Gasteiger partial charge in [0.05, 0.1) is 24.4 Å². The normalized spacial score (nSPS) is 50.3. The topological polar surface area (TPSA) is 96.2 Å². The number of aliphatic hydroxyl groups is 3. The number of fused-ring (bicyclic) bond motifs is 5. The van der Waals surface area contributed by atoms with Crippen LogP contribution < -0.4 is 0 Å². The van der Waals surface area contributed by atoms with E-state index in [-0.39, 0.29) is 45.6 Å². The summed E-state index contributed by atoms with van der Waals surface area (Å²) < 4.78 is 11.9. The van der Waals surface area contributed by atoms with Crippen LogP contribution in [-0.4, -0.2) is 57.9 Å². The zero-order valence-corrected chi connectivity index (χ0v) is 24.9. The van der Waals surface area contributed by atoms with E-state index in [1.807, 2.05) is 0 Å². The summed E-state index contributed by atoms with van der Waals surface area (Å²) in [4.78, 5) is 11.9. The highest BCUT2D eigenvalue weighted by atomic mass is 16.5. The standard InChI is InChI=1S/C32H52O6/c1-18(33)38-26-12-14-31(7)23-11-13-30(6)20(19-15-21(34)27(37-17-19)29(4,5)36)9-10-22(30)32(23,8)25(35)16-24(31)28(26,2)3/h10,19-21,23-27,34-36H,9,11-17H2,1-8H3. The Labute approximate surface area is 229 Å². The molecule has 0 bridgehead atoms. The van der Waals surface area contributed by atoms with Crippen LogP contribution in [0.5, 0.6) is 0 Å².